The zero-order valence-corrected chi connectivity index (χ0v) is 18.7. The average Bonchev–Trinajstić information content (AvgIpc) is 2.77. The molecule has 0 saturated heterocycles. The molecule has 3 nitrogen and oxygen atoms in total. The zero-order valence-electron chi connectivity index (χ0n) is 18.7. The molecule has 164 valence electrons. The van der Waals surface area contributed by atoms with Crippen LogP contribution in [0.1, 0.15) is 83.7 Å². The summed E-state index contributed by atoms with van der Waals surface area (Å²) in [7, 11) is 0. The van der Waals surface area contributed by atoms with Crippen molar-refractivity contribution in [3.05, 3.63) is 41.8 Å². The first-order valence-corrected chi connectivity index (χ1v) is 11.9. The summed E-state index contributed by atoms with van der Waals surface area (Å²) < 4.78 is 20.2. The lowest BCUT2D eigenvalue weighted by Gasteiger charge is -2.28. The van der Waals surface area contributed by atoms with Crippen LogP contribution in [0, 0.1) is 17.7 Å². The molecule has 1 heterocycles. The van der Waals surface area contributed by atoms with Crippen molar-refractivity contribution < 1.29 is 9.13 Å². The molecule has 2 aromatic rings. The van der Waals surface area contributed by atoms with E-state index in [9.17, 15) is 4.39 Å². The second-order valence-electron chi connectivity index (χ2n) is 8.82. The molecule has 0 radical (unpaired) electrons. The Morgan fingerprint density at radius 3 is 2.30 bits per heavy atom. The van der Waals surface area contributed by atoms with E-state index in [4.69, 9.17) is 4.74 Å². The van der Waals surface area contributed by atoms with Gasteiger partial charge in [0.25, 0.3) is 0 Å². The van der Waals surface area contributed by atoms with Crippen molar-refractivity contribution in [2.75, 3.05) is 6.61 Å². The van der Waals surface area contributed by atoms with Gasteiger partial charge in [-0.1, -0.05) is 65.2 Å². The van der Waals surface area contributed by atoms with E-state index >= 15 is 0 Å². The maximum absolute atomic E-state index is 14.5. The predicted octanol–water partition coefficient (Wildman–Crippen LogP) is 7.39. The summed E-state index contributed by atoms with van der Waals surface area (Å²) in [6.07, 6.45) is 13.6. The topological polar surface area (TPSA) is 35.0 Å². The molecule has 1 aliphatic rings. The van der Waals surface area contributed by atoms with E-state index in [1.807, 2.05) is 18.2 Å². The number of aryl methyl sites for hydroxylation is 1. The number of rotatable bonds is 11. The van der Waals surface area contributed by atoms with Gasteiger partial charge in [-0.05, 0) is 55.4 Å². The summed E-state index contributed by atoms with van der Waals surface area (Å²) in [6, 6.07) is 8.89. The number of unbranched alkanes of at least 4 members (excludes halogenated alkanes) is 2. The lowest BCUT2D eigenvalue weighted by molar-refractivity contribution is 0.252. The van der Waals surface area contributed by atoms with Crippen molar-refractivity contribution in [2.45, 2.75) is 84.5 Å². The maximum Gasteiger partial charge on any atom is 0.136 e. The first-order chi connectivity index (χ1) is 14.7. The Morgan fingerprint density at radius 1 is 0.900 bits per heavy atom. The Balaban J connectivity index is 1.49. The summed E-state index contributed by atoms with van der Waals surface area (Å²) >= 11 is 0. The molecule has 0 aliphatic heterocycles. The van der Waals surface area contributed by atoms with E-state index in [2.05, 4.69) is 24.0 Å². The molecule has 0 N–H and O–H groups in total. The highest BCUT2D eigenvalue weighted by atomic mass is 19.1. The lowest BCUT2D eigenvalue weighted by atomic mass is 9.78. The van der Waals surface area contributed by atoms with Crippen molar-refractivity contribution in [1.29, 1.82) is 0 Å². The number of hydrogen-bond acceptors (Lipinski definition) is 3. The van der Waals surface area contributed by atoms with Gasteiger partial charge in [-0.3, -0.25) is 0 Å². The zero-order chi connectivity index (χ0) is 21.2. The monoisotopic (exact) mass is 412 g/mol. The van der Waals surface area contributed by atoms with Crippen molar-refractivity contribution in [1.82, 2.24) is 10.2 Å². The van der Waals surface area contributed by atoms with E-state index in [0.29, 0.717) is 23.6 Å². The maximum atomic E-state index is 14.5. The third-order valence-corrected chi connectivity index (χ3v) is 6.42. The Labute approximate surface area is 181 Å². The normalized spacial score (nSPS) is 19.0. The average molecular weight is 413 g/mol. The second kappa shape index (κ2) is 12.0. The van der Waals surface area contributed by atoms with Gasteiger partial charge in [0.05, 0.1) is 18.0 Å². The SMILES string of the molecule is CCCCCOc1ccc(-c2ccc(CCC3CCC(CCC)CC3)nn2)c(F)c1. The fourth-order valence-electron chi connectivity index (χ4n) is 4.54. The molecule has 1 aliphatic carbocycles. The summed E-state index contributed by atoms with van der Waals surface area (Å²) in [5.74, 6) is 2.04. The van der Waals surface area contributed by atoms with Gasteiger partial charge in [-0.15, -0.1) is 0 Å². The molecule has 1 aromatic carbocycles. The van der Waals surface area contributed by atoms with Crippen LogP contribution < -0.4 is 4.74 Å². The Bertz CT molecular complexity index is 754. The van der Waals surface area contributed by atoms with Crippen molar-refractivity contribution >= 4 is 0 Å². The van der Waals surface area contributed by atoms with Crippen LogP contribution >= 0.6 is 0 Å². The van der Waals surface area contributed by atoms with Gasteiger partial charge < -0.3 is 4.74 Å². The molecule has 0 bridgehead atoms. The largest absolute Gasteiger partial charge is 0.493 e. The molecule has 0 atom stereocenters. The van der Waals surface area contributed by atoms with Gasteiger partial charge >= 0.3 is 0 Å². The highest BCUT2D eigenvalue weighted by Crippen LogP contribution is 2.33. The van der Waals surface area contributed by atoms with Gasteiger partial charge in [-0.25, -0.2) is 4.39 Å². The first-order valence-electron chi connectivity index (χ1n) is 11.9. The molecule has 4 heteroatoms. The number of benzene rings is 1. The Morgan fingerprint density at radius 2 is 1.67 bits per heavy atom. The lowest BCUT2D eigenvalue weighted by Crippen LogP contribution is -2.15. The van der Waals surface area contributed by atoms with Gasteiger partial charge in [0.2, 0.25) is 0 Å². The Hall–Kier alpha value is -1.97. The van der Waals surface area contributed by atoms with Crippen LogP contribution in [-0.2, 0) is 6.42 Å². The Kier molecular flexibility index (Phi) is 9.10. The van der Waals surface area contributed by atoms with Crippen LogP contribution in [0.2, 0.25) is 0 Å². The van der Waals surface area contributed by atoms with Gasteiger partial charge in [0.1, 0.15) is 11.6 Å². The minimum absolute atomic E-state index is 0.311. The molecule has 1 saturated carbocycles. The molecule has 0 spiro atoms. The molecule has 30 heavy (non-hydrogen) atoms. The summed E-state index contributed by atoms with van der Waals surface area (Å²) in [5.41, 5.74) is 2.06. The van der Waals surface area contributed by atoms with Crippen molar-refractivity contribution in [2.24, 2.45) is 11.8 Å². The smallest absolute Gasteiger partial charge is 0.136 e. The third kappa shape index (κ3) is 6.78. The number of ether oxygens (including phenoxy) is 1. The minimum Gasteiger partial charge on any atom is -0.493 e. The highest BCUT2D eigenvalue weighted by Gasteiger charge is 2.20. The van der Waals surface area contributed by atoms with E-state index in [1.54, 1.807) is 6.07 Å². The van der Waals surface area contributed by atoms with Crippen LogP contribution in [0.25, 0.3) is 11.3 Å². The quantitative estimate of drug-likeness (QED) is 0.361. The van der Waals surface area contributed by atoms with Crippen molar-refractivity contribution in [3.63, 3.8) is 0 Å². The minimum atomic E-state index is -0.311. The van der Waals surface area contributed by atoms with Crippen molar-refractivity contribution in [3.8, 4) is 17.0 Å². The first kappa shape index (κ1) is 22.7. The number of halogens is 1. The number of hydrogen-bond donors (Lipinski definition) is 0. The van der Waals surface area contributed by atoms with Gasteiger partial charge in [-0.2, -0.15) is 10.2 Å². The fourth-order valence-corrected chi connectivity index (χ4v) is 4.54. The fraction of sp³-hybridized carbons (Fsp3) is 0.615. The van der Waals surface area contributed by atoms with Crippen LogP contribution in [0.3, 0.4) is 0 Å². The van der Waals surface area contributed by atoms with Gasteiger partial charge in [0.15, 0.2) is 0 Å². The highest BCUT2D eigenvalue weighted by molar-refractivity contribution is 5.60. The van der Waals surface area contributed by atoms with Gasteiger partial charge in [0, 0.05) is 11.6 Å². The third-order valence-electron chi connectivity index (χ3n) is 6.42. The van der Waals surface area contributed by atoms with Crippen LogP contribution in [0.15, 0.2) is 30.3 Å². The molecule has 0 unspecified atom stereocenters. The number of aromatic nitrogens is 2. The predicted molar refractivity (Wildman–Crippen MR) is 121 cm³/mol. The molecular weight excluding hydrogens is 375 g/mol. The van der Waals surface area contributed by atoms with Crippen LogP contribution in [0.4, 0.5) is 4.39 Å². The van der Waals surface area contributed by atoms with E-state index in [-0.39, 0.29) is 5.82 Å². The molecular formula is C26H37FN2O. The summed E-state index contributed by atoms with van der Waals surface area (Å²) in [6.45, 7) is 5.07. The molecule has 0 amide bonds. The standard InChI is InChI=1S/C26H37FN2O/c1-3-5-6-18-30-23-15-16-24(25(27)19-23)26-17-14-22(28-29-26)13-12-21-10-8-20(7-4-2)9-11-21/h14-17,19-21H,3-13,18H2,1-2H3. The van der Waals surface area contributed by atoms with Crippen LogP contribution in [0.5, 0.6) is 5.75 Å². The van der Waals surface area contributed by atoms with E-state index in [1.165, 1.54) is 51.0 Å². The second-order valence-corrected chi connectivity index (χ2v) is 8.82. The summed E-state index contributed by atoms with van der Waals surface area (Å²) in [4.78, 5) is 0. The van der Waals surface area contributed by atoms with Crippen LogP contribution in [-0.4, -0.2) is 16.8 Å². The van der Waals surface area contributed by atoms with E-state index in [0.717, 1.165) is 43.2 Å². The molecule has 1 fully saturated rings. The molecule has 1 aromatic heterocycles. The number of nitrogens with zero attached hydrogens (tertiary/aromatic N) is 2. The molecule has 3 rings (SSSR count). The summed E-state index contributed by atoms with van der Waals surface area (Å²) in [5, 5.41) is 8.66. The van der Waals surface area contributed by atoms with E-state index < -0.39 is 0 Å².